The van der Waals surface area contributed by atoms with Gasteiger partial charge in [-0.05, 0) is 18.2 Å². The van der Waals surface area contributed by atoms with Gasteiger partial charge < -0.3 is 0 Å². The first-order valence-corrected chi connectivity index (χ1v) is 7.23. The van der Waals surface area contributed by atoms with Gasteiger partial charge in [-0.2, -0.15) is 0 Å². The summed E-state index contributed by atoms with van der Waals surface area (Å²) in [5.41, 5.74) is 0.598. The minimum Gasteiger partial charge on any atom is -0.273 e. The van der Waals surface area contributed by atoms with Crippen LogP contribution in [0.5, 0.6) is 0 Å². The highest BCUT2D eigenvalue weighted by Crippen LogP contribution is 2.50. The van der Waals surface area contributed by atoms with Gasteiger partial charge in [0.2, 0.25) is 5.91 Å². The molecule has 3 nitrogen and oxygen atoms in total. The first kappa shape index (κ1) is 12.6. The zero-order valence-electron chi connectivity index (χ0n) is 10.9. The lowest BCUT2D eigenvalue weighted by Gasteiger charge is -2.28. The molecule has 0 spiro atoms. The Balaban J connectivity index is 2.13. The minimum absolute atomic E-state index is 0.107. The van der Waals surface area contributed by atoms with Crippen LogP contribution >= 0.6 is 15.9 Å². The molecule has 1 saturated heterocycles. The van der Waals surface area contributed by atoms with E-state index in [2.05, 4.69) is 27.0 Å². The predicted octanol–water partition coefficient (Wildman–Crippen LogP) is 3.29. The number of hydrogen-bond acceptors (Lipinski definition) is 2. The third-order valence-corrected chi connectivity index (χ3v) is 4.70. The SMILES string of the molecule is CC1(C)C(=O)N(c2ccccn2)C2=CC=CC(Br)C21. The molecule has 3 rings (SSSR count). The number of allylic oxidation sites excluding steroid dienone is 4. The Morgan fingerprint density at radius 2 is 2.16 bits per heavy atom. The van der Waals surface area contributed by atoms with E-state index in [1.165, 1.54) is 0 Å². The van der Waals surface area contributed by atoms with Gasteiger partial charge >= 0.3 is 0 Å². The summed E-state index contributed by atoms with van der Waals surface area (Å²) in [5, 5.41) is 0. The summed E-state index contributed by atoms with van der Waals surface area (Å²) in [6, 6.07) is 5.63. The molecule has 4 heteroatoms. The fraction of sp³-hybridized carbons (Fsp3) is 0.333. The van der Waals surface area contributed by atoms with E-state index in [1.807, 2.05) is 44.2 Å². The summed E-state index contributed by atoms with van der Waals surface area (Å²) in [6.07, 6.45) is 7.82. The van der Waals surface area contributed by atoms with Crippen molar-refractivity contribution < 1.29 is 4.79 Å². The van der Waals surface area contributed by atoms with Crippen molar-refractivity contribution in [2.75, 3.05) is 4.90 Å². The summed E-state index contributed by atoms with van der Waals surface area (Å²) in [5.74, 6) is 0.951. The number of nitrogens with zero attached hydrogens (tertiary/aromatic N) is 2. The van der Waals surface area contributed by atoms with Gasteiger partial charge in [-0.1, -0.05) is 48.0 Å². The Kier molecular flexibility index (Phi) is 2.86. The molecule has 0 bridgehead atoms. The molecule has 1 aromatic rings. The zero-order chi connectivity index (χ0) is 13.6. The summed E-state index contributed by atoms with van der Waals surface area (Å²) in [6.45, 7) is 4.01. The van der Waals surface area contributed by atoms with E-state index < -0.39 is 5.41 Å². The number of alkyl halides is 1. The number of pyridine rings is 1. The maximum Gasteiger partial charge on any atom is 0.238 e. The Morgan fingerprint density at radius 3 is 2.84 bits per heavy atom. The average molecular weight is 319 g/mol. The number of halogens is 1. The first-order valence-electron chi connectivity index (χ1n) is 6.31. The lowest BCUT2D eigenvalue weighted by molar-refractivity contribution is -0.125. The van der Waals surface area contributed by atoms with Gasteiger partial charge in [0.15, 0.2) is 0 Å². The van der Waals surface area contributed by atoms with Crippen molar-refractivity contribution >= 4 is 27.7 Å². The molecule has 2 heterocycles. The highest BCUT2D eigenvalue weighted by atomic mass is 79.9. The van der Waals surface area contributed by atoms with Gasteiger partial charge in [0.05, 0.1) is 5.41 Å². The van der Waals surface area contributed by atoms with Gasteiger partial charge in [0.1, 0.15) is 5.82 Å². The second-order valence-corrected chi connectivity index (χ2v) is 6.51. The lowest BCUT2D eigenvalue weighted by Crippen LogP contribution is -2.33. The van der Waals surface area contributed by atoms with Crippen molar-refractivity contribution in [1.82, 2.24) is 4.98 Å². The minimum atomic E-state index is -0.428. The van der Waals surface area contributed by atoms with Crippen LogP contribution in [0.3, 0.4) is 0 Å². The van der Waals surface area contributed by atoms with Crippen LogP contribution < -0.4 is 4.90 Å². The number of aromatic nitrogens is 1. The van der Waals surface area contributed by atoms with Crippen molar-refractivity contribution in [2.45, 2.75) is 18.7 Å². The van der Waals surface area contributed by atoms with Crippen molar-refractivity contribution in [3.63, 3.8) is 0 Å². The average Bonchev–Trinajstić information content (AvgIpc) is 2.60. The second-order valence-electron chi connectivity index (χ2n) is 5.45. The molecular weight excluding hydrogens is 304 g/mol. The van der Waals surface area contributed by atoms with Crippen LogP contribution in [0.2, 0.25) is 0 Å². The highest BCUT2D eigenvalue weighted by molar-refractivity contribution is 9.09. The molecule has 0 N–H and O–H groups in total. The van der Waals surface area contributed by atoms with Crippen molar-refractivity contribution in [3.8, 4) is 0 Å². The van der Waals surface area contributed by atoms with Crippen LogP contribution in [0, 0.1) is 11.3 Å². The largest absolute Gasteiger partial charge is 0.273 e. The van der Waals surface area contributed by atoms with Crippen LogP contribution in [0.1, 0.15) is 13.8 Å². The maximum atomic E-state index is 12.7. The number of fused-ring (bicyclic) bond motifs is 1. The van der Waals surface area contributed by atoms with E-state index in [1.54, 1.807) is 11.1 Å². The molecule has 2 aliphatic rings. The fourth-order valence-corrected chi connectivity index (χ4v) is 3.99. The van der Waals surface area contributed by atoms with Crippen LogP contribution in [0.15, 0.2) is 48.3 Å². The molecule has 1 aromatic heterocycles. The molecule has 1 fully saturated rings. The van der Waals surface area contributed by atoms with E-state index in [0.717, 1.165) is 5.70 Å². The molecule has 1 aliphatic heterocycles. The molecule has 0 saturated carbocycles. The standard InChI is InChI=1S/C15H15BrN2O/c1-15(2)13-10(16)6-5-7-11(13)18(14(15)19)12-8-3-4-9-17-12/h3-10,13H,1-2H3. The summed E-state index contributed by atoms with van der Waals surface area (Å²) in [4.78, 5) is 19.0. The van der Waals surface area contributed by atoms with Crippen molar-refractivity contribution in [3.05, 3.63) is 48.3 Å². The monoisotopic (exact) mass is 318 g/mol. The summed E-state index contributed by atoms with van der Waals surface area (Å²) >= 11 is 3.67. The van der Waals surface area contributed by atoms with Crippen LogP contribution in [0.25, 0.3) is 0 Å². The van der Waals surface area contributed by atoms with E-state index >= 15 is 0 Å². The van der Waals surface area contributed by atoms with Crippen LogP contribution in [-0.4, -0.2) is 15.7 Å². The van der Waals surface area contributed by atoms with Crippen molar-refractivity contribution in [1.29, 1.82) is 0 Å². The quantitative estimate of drug-likeness (QED) is 0.744. The third-order valence-electron chi connectivity index (χ3n) is 3.87. The lowest BCUT2D eigenvalue weighted by atomic mass is 9.77. The molecule has 2 atom stereocenters. The number of rotatable bonds is 1. The van der Waals surface area contributed by atoms with Crippen LogP contribution in [-0.2, 0) is 4.79 Å². The highest BCUT2D eigenvalue weighted by Gasteiger charge is 2.53. The first-order chi connectivity index (χ1) is 9.03. The Morgan fingerprint density at radius 1 is 1.37 bits per heavy atom. The molecule has 0 aromatic carbocycles. The molecule has 19 heavy (non-hydrogen) atoms. The second kappa shape index (κ2) is 4.30. The molecule has 98 valence electrons. The number of anilines is 1. The van der Waals surface area contributed by atoms with Gasteiger partial charge in [-0.3, -0.25) is 9.69 Å². The van der Waals surface area contributed by atoms with Crippen LogP contribution in [0.4, 0.5) is 5.82 Å². The van der Waals surface area contributed by atoms with E-state index in [-0.39, 0.29) is 16.7 Å². The fourth-order valence-electron chi connectivity index (χ4n) is 2.88. The predicted molar refractivity (Wildman–Crippen MR) is 78.9 cm³/mol. The number of amides is 1. The van der Waals surface area contributed by atoms with Gasteiger partial charge in [0, 0.05) is 22.6 Å². The normalized spacial score (nSPS) is 28.3. The smallest absolute Gasteiger partial charge is 0.238 e. The van der Waals surface area contributed by atoms with Gasteiger partial charge in [0.25, 0.3) is 0 Å². The summed E-state index contributed by atoms with van der Waals surface area (Å²) in [7, 11) is 0. The molecule has 1 aliphatic carbocycles. The Bertz CT molecular complexity index is 577. The van der Waals surface area contributed by atoms with Gasteiger partial charge in [-0.15, -0.1) is 0 Å². The maximum absolute atomic E-state index is 12.7. The van der Waals surface area contributed by atoms with E-state index in [0.29, 0.717) is 5.82 Å². The molecule has 2 unspecified atom stereocenters. The zero-order valence-corrected chi connectivity index (χ0v) is 12.5. The topological polar surface area (TPSA) is 33.2 Å². The molecular formula is C15H15BrN2O. The van der Waals surface area contributed by atoms with E-state index in [9.17, 15) is 4.79 Å². The Hall–Kier alpha value is -1.42. The number of hydrogen-bond donors (Lipinski definition) is 0. The van der Waals surface area contributed by atoms with E-state index in [4.69, 9.17) is 0 Å². The van der Waals surface area contributed by atoms with Gasteiger partial charge in [-0.25, -0.2) is 4.98 Å². The third kappa shape index (κ3) is 1.77. The summed E-state index contributed by atoms with van der Waals surface area (Å²) < 4.78 is 0. The Labute approximate surface area is 121 Å². The molecule has 0 radical (unpaired) electrons. The molecule has 1 amide bonds. The van der Waals surface area contributed by atoms with Crippen molar-refractivity contribution in [2.24, 2.45) is 11.3 Å². The number of carbonyl (C=O) groups excluding carboxylic acids is 1. The number of carbonyl (C=O) groups is 1.